The maximum Gasteiger partial charge on any atom is 0.0346 e. The molecule has 0 heterocycles. The van der Waals surface area contributed by atoms with Gasteiger partial charge in [0.1, 0.15) is 0 Å². The topological polar surface area (TPSA) is 0 Å². The van der Waals surface area contributed by atoms with E-state index < -0.39 is 0 Å². The highest BCUT2D eigenvalue weighted by Gasteiger charge is 2.36. The second-order valence-electron chi connectivity index (χ2n) is 17.4. The molecular weight excluding hydrogens is 649 g/mol. The van der Waals surface area contributed by atoms with Crippen LogP contribution in [0.5, 0.6) is 0 Å². The van der Waals surface area contributed by atoms with E-state index in [2.05, 4.69) is 193 Å². The summed E-state index contributed by atoms with van der Waals surface area (Å²) in [6.07, 6.45) is 13.1. The van der Waals surface area contributed by atoms with Crippen LogP contribution in [0, 0.1) is 12.3 Å². The van der Waals surface area contributed by atoms with Crippen molar-refractivity contribution in [1.29, 1.82) is 0 Å². The first-order chi connectivity index (χ1) is 26.0. The van der Waals surface area contributed by atoms with Crippen molar-refractivity contribution < 1.29 is 0 Å². The zero-order chi connectivity index (χ0) is 36.9. The zero-order valence-corrected chi connectivity index (χ0v) is 32.2. The van der Waals surface area contributed by atoms with Gasteiger partial charge in [0.25, 0.3) is 0 Å². The molecule has 4 aliphatic carbocycles. The van der Waals surface area contributed by atoms with E-state index in [1.807, 2.05) is 0 Å². The van der Waals surface area contributed by atoms with E-state index in [-0.39, 0.29) is 10.8 Å². The maximum atomic E-state index is 2.49. The number of benzene rings is 6. The highest BCUT2D eigenvalue weighted by Crippen LogP contribution is 2.52. The Balaban J connectivity index is 0.894. The second-order valence-corrected chi connectivity index (χ2v) is 17.4. The fraction of sp³-hybridized carbons (Fsp3) is 0.185. The highest BCUT2D eigenvalue weighted by molar-refractivity contribution is 5.85. The Morgan fingerprint density at radius 3 is 1.72 bits per heavy atom. The lowest BCUT2D eigenvalue weighted by molar-refractivity contribution is 0.513. The molecule has 1 unspecified atom stereocenters. The summed E-state index contributed by atoms with van der Waals surface area (Å²) in [7, 11) is 0. The fourth-order valence-electron chi connectivity index (χ4n) is 9.61. The van der Waals surface area contributed by atoms with Crippen molar-refractivity contribution in [2.45, 2.75) is 59.3 Å². The number of aryl methyl sites for hydroxylation is 1. The van der Waals surface area contributed by atoms with Crippen LogP contribution in [0.15, 0.2) is 162 Å². The molecular formula is C54H46. The van der Waals surface area contributed by atoms with Gasteiger partial charge in [0.15, 0.2) is 0 Å². The zero-order valence-electron chi connectivity index (χ0n) is 32.2. The van der Waals surface area contributed by atoms with Crippen molar-refractivity contribution in [3.05, 3.63) is 196 Å². The van der Waals surface area contributed by atoms with Crippen LogP contribution in [0.3, 0.4) is 0 Å². The third kappa shape index (κ3) is 5.11. The second kappa shape index (κ2) is 11.9. The Morgan fingerprint density at radius 1 is 0.537 bits per heavy atom. The third-order valence-corrected chi connectivity index (χ3v) is 12.7. The molecule has 0 fully saturated rings. The summed E-state index contributed by atoms with van der Waals surface area (Å²) in [6.45, 7) is 13.9. The van der Waals surface area contributed by atoms with E-state index in [0.717, 1.165) is 6.42 Å². The number of allylic oxidation sites excluding steroid dienone is 7. The molecule has 54 heavy (non-hydrogen) atoms. The van der Waals surface area contributed by atoms with Gasteiger partial charge in [0, 0.05) is 11.3 Å². The average molecular weight is 695 g/mol. The van der Waals surface area contributed by atoms with Gasteiger partial charge >= 0.3 is 0 Å². The van der Waals surface area contributed by atoms with Crippen LogP contribution in [0.25, 0.3) is 61.7 Å². The number of hydrogen-bond donors (Lipinski definition) is 0. The molecule has 0 bridgehead atoms. The Bertz CT molecular complexity index is 2640. The minimum atomic E-state index is 0.00577. The number of hydrogen-bond acceptors (Lipinski definition) is 0. The van der Waals surface area contributed by atoms with Crippen LogP contribution in [0.2, 0.25) is 0 Å². The monoisotopic (exact) mass is 694 g/mol. The summed E-state index contributed by atoms with van der Waals surface area (Å²) in [6, 6.07) is 45.6. The fourth-order valence-corrected chi connectivity index (χ4v) is 9.61. The average Bonchev–Trinajstić information content (AvgIpc) is 3.42. The summed E-state index contributed by atoms with van der Waals surface area (Å²) in [5, 5.41) is 0. The van der Waals surface area contributed by atoms with Crippen LogP contribution in [0.4, 0.5) is 0 Å². The van der Waals surface area contributed by atoms with E-state index in [0.29, 0.717) is 5.92 Å². The van der Waals surface area contributed by atoms with Crippen LogP contribution in [0.1, 0.15) is 73.9 Å². The molecule has 0 aliphatic heterocycles. The normalized spacial score (nSPS) is 17.2. The Labute approximate surface area is 321 Å². The molecule has 0 radical (unpaired) electrons. The first-order valence-electron chi connectivity index (χ1n) is 19.6. The lowest BCUT2D eigenvalue weighted by Crippen LogP contribution is -2.22. The smallest absolute Gasteiger partial charge is 0.0346 e. The van der Waals surface area contributed by atoms with Gasteiger partial charge < -0.3 is 0 Å². The van der Waals surface area contributed by atoms with E-state index >= 15 is 0 Å². The molecule has 0 N–H and O–H groups in total. The molecule has 0 saturated carbocycles. The minimum absolute atomic E-state index is 0.00577. The summed E-state index contributed by atoms with van der Waals surface area (Å²) in [4.78, 5) is 0. The predicted octanol–water partition coefficient (Wildman–Crippen LogP) is 14.5. The van der Waals surface area contributed by atoms with Crippen molar-refractivity contribution in [2.24, 2.45) is 5.41 Å². The number of fused-ring (bicyclic) bond motifs is 3. The van der Waals surface area contributed by atoms with Crippen LogP contribution in [-0.2, 0) is 11.8 Å². The number of rotatable bonds is 4. The van der Waals surface area contributed by atoms with E-state index in [1.54, 1.807) is 0 Å². The van der Waals surface area contributed by atoms with Crippen LogP contribution < -0.4 is 0 Å². The third-order valence-electron chi connectivity index (χ3n) is 12.7. The van der Waals surface area contributed by atoms with E-state index in [9.17, 15) is 0 Å². The molecule has 10 rings (SSSR count). The maximum absolute atomic E-state index is 2.49. The standard InChI is InChI=1S/C54H46/c1-33-29-48(47-28-25-42-31-43(53(2,3)4)30-41-24-26-44(33)52(47)51(41)42)39-21-19-37(20-22-39)35-13-11-34(12-14-35)36-15-17-38(18-16-36)40-23-27-46-45-9-7-8-10-49(45)54(5,6)50(46)32-40/h7-27,29-32,51H,28H2,1-6H3. The quantitative estimate of drug-likeness (QED) is 0.172. The summed E-state index contributed by atoms with van der Waals surface area (Å²) in [5.41, 5.74) is 26.0. The van der Waals surface area contributed by atoms with Crippen molar-refractivity contribution in [3.63, 3.8) is 0 Å². The molecule has 4 aliphatic rings. The van der Waals surface area contributed by atoms with Crippen molar-refractivity contribution in [3.8, 4) is 55.6 Å². The molecule has 262 valence electrons. The van der Waals surface area contributed by atoms with Crippen molar-refractivity contribution in [1.82, 2.24) is 0 Å². The largest absolute Gasteiger partial charge is 0.0759 e. The first-order valence-corrected chi connectivity index (χ1v) is 19.6. The molecule has 0 nitrogen and oxygen atoms in total. The Morgan fingerprint density at radius 2 is 1.09 bits per heavy atom. The molecule has 1 atom stereocenters. The molecule has 6 aromatic carbocycles. The van der Waals surface area contributed by atoms with Gasteiger partial charge in [-0.15, -0.1) is 0 Å². The lowest BCUT2D eigenvalue weighted by Gasteiger charge is -2.38. The predicted molar refractivity (Wildman–Crippen MR) is 230 cm³/mol. The van der Waals surface area contributed by atoms with Crippen LogP contribution >= 0.6 is 0 Å². The first kappa shape index (κ1) is 32.9. The van der Waals surface area contributed by atoms with Crippen molar-refractivity contribution in [2.75, 3.05) is 0 Å². The molecule has 0 spiro atoms. The van der Waals surface area contributed by atoms with E-state index in [1.165, 1.54) is 106 Å². The van der Waals surface area contributed by atoms with Gasteiger partial charge in [-0.3, -0.25) is 0 Å². The molecule has 0 saturated heterocycles. The molecule has 6 aromatic rings. The Kier molecular flexibility index (Phi) is 7.24. The molecule has 0 heteroatoms. The summed E-state index contributed by atoms with van der Waals surface area (Å²) < 4.78 is 0. The molecule has 0 amide bonds. The van der Waals surface area contributed by atoms with Gasteiger partial charge in [-0.1, -0.05) is 180 Å². The highest BCUT2D eigenvalue weighted by atomic mass is 14.4. The summed E-state index contributed by atoms with van der Waals surface area (Å²) >= 11 is 0. The van der Waals surface area contributed by atoms with Gasteiger partial charge in [-0.25, -0.2) is 0 Å². The Hall–Kier alpha value is -5.72. The summed E-state index contributed by atoms with van der Waals surface area (Å²) in [5.74, 6) is 0.345. The van der Waals surface area contributed by atoms with Crippen LogP contribution in [-0.4, -0.2) is 0 Å². The van der Waals surface area contributed by atoms with Crippen molar-refractivity contribution >= 4 is 6.08 Å². The van der Waals surface area contributed by atoms with Gasteiger partial charge in [-0.05, 0) is 131 Å². The molecule has 0 aromatic heterocycles. The van der Waals surface area contributed by atoms with Gasteiger partial charge in [0.2, 0.25) is 0 Å². The van der Waals surface area contributed by atoms with Gasteiger partial charge in [0.05, 0.1) is 0 Å². The SMILES string of the molecule is Cc1cc(-c2ccc(-c3ccc(-c4ccc(-c5ccc6c(c5)C(C)(C)c5ccccc5-6)cc4)cc3)cc2)c2c3c1C=CC1=CC(C(C)(C)C)=CC(=CC2)C13. The lowest BCUT2D eigenvalue weighted by atomic mass is 9.66. The van der Waals surface area contributed by atoms with Gasteiger partial charge in [-0.2, -0.15) is 0 Å². The van der Waals surface area contributed by atoms with E-state index in [4.69, 9.17) is 0 Å². The minimum Gasteiger partial charge on any atom is -0.0759 e.